The van der Waals surface area contributed by atoms with Crippen LogP contribution in [-0.4, -0.2) is 98.0 Å². The van der Waals surface area contributed by atoms with Gasteiger partial charge in [-0.1, -0.05) is 36.4 Å². The second kappa shape index (κ2) is 17.6. The van der Waals surface area contributed by atoms with Crippen molar-refractivity contribution in [2.45, 2.75) is 33.7 Å². The first kappa shape index (κ1) is 38.3. The Morgan fingerprint density at radius 3 is 2.43 bits per heavy atom. The van der Waals surface area contributed by atoms with Crippen LogP contribution in [0.4, 0.5) is 22.9 Å². The van der Waals surface area contributed by atoms with Gasteiger partial charge in [0.15, 0.2) is 5.82 Å². The summed E-state index contributed by atoms with van der Waals surface area (Å²) in [5, 5.41) is 16.1. The highest BCUT2D eigenvalue weighted by Gasteiger charge is 2.25. The van der Waals surface area contributed by atoms with E-state index in [4.69, 9.17) is 0 Å². The van der Waals surface area contributed by atoms with Crippen LogP contribution in [0.1, 0.15) is 12.0 Å². The summed E-state index contributed by atoms with van der Waals surface area (Å²) in [5.41, 5.74) is 2.87. The fraction of sp³-hybridized carbons (Fsp3) is 0.316. The van der Waals surface area contributed by atoms with E-state index in [1.54, 1.807) is 23.5 Å². The molecule has 1 atom stereocenters. The molecule has 6 rings (SSSR count). The molecule has 1 aromatic heterocycles. The molecule has 5 aromatic rings. The zero-order chi connectivity index (χ0) is 37.4. The first-order valence-electron chi connectivity index (χ1n) is 17.3. The minimum Gasteiger partial charge on any atom is -0.376 e. The summed E-state index contributed by atoms with van der Waals surface area (Å²) in [7, 11) is -0.285. The lowest BCUT2D eigenvalue weighted by Crippen LogP contribution is -2.46. The maximum absolute atomic E-state index is 13.7. The molecule has 1 aliphatic heterocycles. The molecule has 0 unspecified atom stereocenters. The van der Waals surface area contributed by atoms with Gasteiger partial charge in [-0.2, -0.15) is 0 Å². The van der Waals surface area contributed by atoms with Crippen LogP contribution in [0.3, 0.4) is 0 Å². The SMILES string of the molecule is CSc1ccccc1CN1CCN(c2ccc3c(NS(=O)(=O)c4ccc(N[C@H](CCN(C)C)CSc5ccccc5)c([N+](=O)[O-])c4)ncnc3c2)CC1. The molecular formula is C38H44N8O4S3. The number of hydrogen-bond acceptors (Lipinski definition) is 12. The molecule has 278 valence electrons. The van der Waals surface area contributed by atoms with E-state index >= 15 is 0 Å². The predicted molar refractivity (Wildman–Crippen MR) is 217 cm³/mol. The lowest BCUT2D eigenvalue weighted by Gasteiger charge is -2.36. The van der Waals surface area contributed by atoms with Crippen molar-refractivity contribution in [1.29, 1.82) is 0 Å². The molecule has 2 N–H and O–H groups in total. The number of sulfonamides is 1. The number of nitrogens with one attached hydrogen (secondary N) is 2. The van der Waals surface area contributed by atoms with E-state index in [0.29, 0.717) is 16.7 Å². The fourth-order valence-corrected chi connectivity index (χ4v) is 8.90. The Labute approximate surface area is 319 Å². The van der Waals surface area contributed by atoms with Gasteiger partial charge >= 0.3 is 0 Å². The predicted octanol–water partition coefficient (Wildman–Crippen LogP) is 6.91. The van der Waals surface area contributed by atoms with Gasteiger partial charge in [0.25, 0.3) is 15.7 Å². The van der Waals surface area contributed by atoms with Crippen molar-refractivity contribution in [2.24, 2.45) is 0 Å². The van der Waals surface area contributed by atoms with E-state index in [1.807, 2.05) is 62.6 Å². The van der Waals surface area contributed by atoms with Crippen molar-refractivity contribution in [3.8, 4) is 0 Å². The third-order valence-electron chi connectivity index (χ3n) is 9.13. The number of thioether (sulfide) groups is 2. The van der Waals surface area contributed by atoms with Gasteiger partial charge in [0.05, 0.1) is 15.3 Å². The van der Waals surface area contributed by atoms with Gasteiger partial charge in [0, 0.05) is 71.4 Å². The summed E-state index contributed by atoms with van der Waals surface area (Å²) >= 11 is 3.43. The minimum absolute atomic E-state index is 0.102. The van der Waals surface area contributed by atoms with Gasteiger partial charge < -0.3 is 15.1 Å². The molecule has 12 nitrogen and oxygen atoms in total. The maximum atomic E-state index is 13.7. The Kier molecular flexibility index (Phi) is 12.7. The smallest absolute Gasteiger partial charge is 0.293 e. The average Bonchev–Trinajstić information content (AvgIpc) is 3.16. The summed E-state index contributed by atoms with van der Waals surface area (Å²) in [6.07, 6.45) is 4.16. The van der Waals surface area contributed by atoms with Crippen LogP contribution >= 0.6 is 23.5 Å². The number of benzene rings is 4. The molecule has 0 aliphatic carbocycles. The van der Waals surface area contributed by atoms with Crippen molar-refractivity contribution in [2.75, 3.05) is 73.8 Å². The van der Waals surface area contributed by atoms with Crippen molar-refractivity contribution in [1.82, 2.24) is 19.8 Å². The standard InChI is InChI=1S/C38H44N8O4S3/c1-43(2)18-17-29(26-52-31-10-5-4-6-11-31)41-34-16-14-32(24-36(34)46(47)48)53(49,50)42-38-33-15-13-30(23-35(33)39-27-40-38)45-21-19-44(20-22-45)25-28-9-7-8-12-37(28)51-3/h4-16,23-24,27,29,41H,17-22,25-26H2,1-3H3,(H,39,40,42)/t29-/m1/s1. The molecule has 0 saturated carbocycles. The maximum Gasteiger partial charge on any atom is 0.293 e. The van der Waals surface area contributed by atoms with E-state index in [9.17, 15) is 18.5 Å². The summed E-state index contributed by atoms with van der Waals surface area (Å²) < 4.78 is 29.9. The van der Waals surface area contributed by atoms with Crippen molar-refractivity contribution in [3.05, 3.63) is 113 Å². The highest BCUT2D eigenvalue weighted by Crippen LogP contribution is 2.32. The Hall–Kier alpha value is -4.41. The summed E-state index contributed by atoms with van der Waals surface area (Å²) in [6, 6.07) is 28.0. The monoisotopic (exact) mass is 772 g/mol. The number of fused-ring (bicyclic) bond motifs is 1. The summed E-state index contributed by atoms with van der Waals surface area (Å²) in [5.74, 6) is 0.772. The highest BCUT2D eigenvalue weighted by molar-refractivity contribution is 7.99. The largest absolute Gasteiger partial charge is 0.376 e. The molecule has 0 amide bonds. The molecule has 0 radical (unpaired) electrons. The van der Waals surface area contributed by atoms with Crippen LogP contribution in [-0.2, 0) is 16.6 Å². The van der Waals surface area contributed by atoms with Crippen LogP contribution in [0.25, 0.3) is 10.9 Å². The Bertz CT molecular complexity index is 2130. The number of nitrogens with zero attached hydrogens (tertiary/aromatic N) is 6. The summed E-state index contributed by atoms with van der Waals surface area (Å²) in [4.78, 5) is 29.4. The number of nitro benzene ring substituents is 1. The number of hydrogen-bond donors (Lipinski definition) is 2. The molecule has 1 saturated heterocycles. The fourth-order valence-electron chi connectivity index (χ4n) is 6.24. The normalized spacial score (nSPS) is 14.4. The van der Waals surface area contributed by atoms with Crippen LogP contribution in [0, 0.1) is 10.1 Å². The number of piperazine rings is 1. The summed E-state index contributed by atoms with van der Waals surface area (Å²) in [6.45, 7) is 5.22. The molecule has 0 bridgehead atoms. The second-order valence-corrected chi connectivity index (χ2v) is 16.7. The van der Waals surface area contributed by atoms with Crippen molar-refractivity contribution in [3.63, 3.8) is 0 Å². The van der Waals surface area contributed by atoms with Crippen molar-refractivity contribution >= 4 is 67.3 Å². The average molecular weight is 773 g/mol. The van der Waals surface area contributed by atoms with Crippen LogP contribution < -0.4 is 14.9 Å². The Balaban J connectivity index is 1.15. The number of rotatable bonds is 16. The van der Waals surface area contributed by atoms with E-state index in [1.165, 1.54) is 28.9 Å². The van der Waals surface area contributed by atoms with E-state index in [0.717, 1.165) is 62.3 Å². The van der Waals surface area contributed by atoms with E-state index < -0.39 is 14.9 Å². The van der Waals surface area contributed by atoms with Gasteiger partial charge in [0.2, 0.25) is 0 Å². The number of aromatic nitrogens is 2. The Morgan fingerprint density at radius 1 is 0.943 bits per heavy atom. The van der Waals surface area contributed by atoms with Gasteiger partial charge in [-0.25, -0.2) is 18.4 Å². The first-order valence-corrected chi connectivity index (χ1v) is 21.0. The van der Waals surface area contributed by atoms with Gasteiger partial charge in [-0.3, -0.25) is 19.7 Å². The molecule has 53 heavy (non-hydrogen) atoms. The molecule has 1 aliphatic rings. The van der Waals surface area contributed by atoms with Gasteiger partial charge in [-0.05, 0) is 87.4 Å². The van der Waals surface area contributed by atoms with E-state index in [-0.39, 0.29) is 28.1 Å². The molecule has 0 spiro atoms. The first-order chi connectivity index (χ1) is 25.6. The van der Waals surface area contributed by atoms with Crippen LogP contribution in [0.15, 0.2) is 112 Å². The quantitative estimate of drug-likeness (QED) is 0.0613. The zero-order valence-corrected chi connectivity index (χ0v) is 32.5. The van der Waals surface area contributed by atoms with Crippen LogP contribution in [0.2, 0.25) is 0 Å². The van der Waals surface area contributed by atoms with Crippen LogP contribution in [0.5, 0.6) is 0 Å². The zero-order valence-electron chi connectivity index (χ0n) is 30.0. The lowest BCUT2D eigenvalue weighted by atomic mass is 10.1. The molecule has 15 heteroatoms. The topological polar surface area (TPSA) is 137 Å². The van der Waals surface area contributed by atoms with Gasteiger partial charge in [0.1, 0.15) is 12.0 Å². The minimum atomic E-state index is -4.24. The lowest BCUT2D eigenvalue weighted by molar-refractivity contribution is -0.384. The number of anilines is 3. The molecule has 2 heterocycles. The second-order valence-electron chi connectivity index (χ2n) is 13.1. The van der Waals surface area contributed by atoms with Crippen molar-refractivity contribution < 1.29 is 13.3 Å². The highest BCUT2D eigenvalue weighted by atomic mass is 32.2. The Morgan fingerprint density at radius 2 is 1.70 bits per heavy atom. The molecular weight excluding hydrogens is 729 g/mol. The third kappa shape index (κ3) is 9.97. The van der Waals surface area contributed by atoms with E-state index in [2.05, 4.69) is 65.2 Å². The van der Waals surface area contributed by atoms with Gasteiger partial charge in [-0.15, -0.1) is 23.5 Å². The third-order valence-corrected chi connectivity index (χ3v) is 12.5. The number of nitro groups is 1. The molecule has 4 aromatic carbocycles. The molecule has 1 fully saturated rings.